The van der Waals surface area contributed by atoms with Gasteiger partial charge < -0.3 is 28.4 Å². The third-order valence-corrected chi connectivity index (χ3v) is 23.7. The van der Waals surface area contributed by atoms with Crippen LogP contribution in [0.5, 0.6) is 0 Å². The second-order valence-corrected chi connectivity index (χ2v) is 35.5. The molecule has 0 heterocycles. The molecular weight excluding hydrogens is 1510 g/mol. The second kappa shape index (κ2) is 109. The minimum Gasteiger partial charge on any atom is -0.466 e. The maximum Gasteiger partial charge on any atom is 0.306 e. The van der Waals surface area contributed by atoms with Gasteiger partial charge in [-0.25, -0.2) is 0 Å². The molecule has 0 aliphatic heterocycles. The summed E-state index contributed by atoms with van der Waals surface area (Å²) in [4.78, 5) is 74.3. The Kier molecular flexibility index (Phi) is 111. The molecule has 0 aromatic carbocycles. The molecule has 4 unspecified atom stereocenters. The van der Waals surface area contributed by atoms with Gasteiger partial charge in [0, 0.05) is 38.5 Å². The Morgan fingerprint density at radius 1 is 0.205 bits per heavy atom. The molecule has 720 valence electrons. The summed E-state index contributed by atoms with van der Waals surface area (Å²) in [5.74, 6) is -0.253. The molecule has 0 radical (unpaired) electrons. The SMILES string of the molecule is C=C.C=CCCCCCCCC.C=CCCCCCCCC(=O)OC(CCCCCCCCC)CCCCCCCC(=O)OC(CCCCCCCCC)CCCCCCCC(=O)OCC.CC/C=C/CCCCCCCC(=O)OC(CCCCCCCCC)CCCCCCCC(=O)OC(CCCCCCCCC)CCCCCCCC(=O)OCC. The average molecular weight is 1720 g/mol. The zero-order valence-corrected chi connectivity index (χ0v) is 82.7. The summed E-state index contributed by atoms with van der Waals surface area (Å²) >= 11 is 0. The zero-order valence-electron chi connectivity index (χ0n) is 82.7. The molecule has 0 aliphatic rings. The summed E-state index contributed by atoms with van der Waals surface area (Å²) in [6.45, 7) is 31.6. The largest absolute Gasteiger partial charge is 0.466 e. The molecule has 0 bridgehead atoms. The minimum absolute atomic E-state index is 0.00125. The smallest absolute Gasteiger partial charge is 0.306 e. The summed E-state index contributed by atoms with van der Waals surface area (Å²) in [6.07, 6.45) is 100. The first-order valence-corrected chi connectivity index (χ1v) is 53.3. The fourth-order valence-electron chi connectivity index (χ4n) is 16.0. The number of esters is 6. The molecule has 0 spiro atoms. The van der Waals surface area contributed by atoms with Gasteiger partial charge in [0.1, 0.15) is 24.4 Å². The first-order valence-electron chi connectivity index (χ1n) is 53.3. The van der Waals surface area contributed by atoms with Crippen LogP contribution in [0.3, 0.4) is 0 Å². The number of hydrogen-bond acceptors (Lipinski definition) is 12. The number of ether oxygens (including phenoxy) is 6. The van der Waals surface area contributed by atoms with Gasteiger partial charge in [-0.15, -0.1) is 26.3 Å². The predicted molar refractivity (Wildman–Crippen MR) is 526 cm³/mol. The van der Waals surface area contributed by atoms with Crippen LogP contribution in [0, 0.1) is 0 Å². The number of rotatable bonds is 94. The van der Waals surface area contributed by atoms with Gasteiger partial charge in [0.25, 0.3) is 0 Å². The van der Waals surface area contributed by atoms with Crippen LogP contribution in [0.25, 0.3) is 0 Å². The van der Waals surface area contributed by atoms with Crippen LogP contribution < -0.4 is 0 Å². The van der Waals surface area contributed by atoms with E-state index in [0.29, 0.717) is 51.7 Å². The molecular formula is C110H208O12. The lowest BCUT2D eigenvalue weighted by atomic mass is 10.0. The molecule has 0 aromatic heterocycles. The molecule has 0 N–H and O–H groups in total. The fourth-order valence-corrected chi connectivity index (χ4v) is 16.0. The summed E-state index contributed by atoms with van der Waals surface area (Å²) < 4.78 is 34.3. The Morgan fingerprint density at radius 3 is 0.549 bits per heavy atom. The Bertz CT molecular complexity index is 2190. The van der Waals surface area contributed by atoms with Gasteiger partial charge in [-0.3, -0.25) is 28.8 Å². The lowest BCUT2D eigenvalue weighted by molar-refractivity contribution is -0.151. The standard InChI is InChI=1S/C50H94O6.C48H90O6.C10H20.C2H4/c1-5-9-12-15-18-19-22-29-37-44-49(52)55-47(40-33-26-21-17-14-11-7-3)42-35-28-24-31-38-45-50(53)56-46(39-32-25-20-16-13-10-6-2)41-34-27-23-30-36-43-48(51)54-8-4;1-5-9-12-15-18-23-30-37-44(39-32-25-21-28-34-41-46(49)52-8-4)54-48(51)43-36-29-22-26-33-40-45(38-31-24-19-16-13-10-6-2)53-47(50)42-35-27-20-17-14-11-7-3;1-3-5-7-9-10-8-6-4-2;1-2/h9,12,46-47H,5-8,10-11,13-45H2,1-4H3;7,44-45H,3,5-6,8-43H2,1-2,4H3;3H,1,4-10H2,2H3;1-2H2/b12-9+;;;. The van der Waals surface area contributed by atoms with E-state index in [1.165, 1.54) is 244 Å². The lowest BCUT2D eigenvalue weighted by Crippen LogP contribution is -2.18. The van der Waals surface area contributed by atoms with Crippen molar-refractivity contribution in [2.45, 2.75) is 606 Å². The van der Waals surface area contributed by atoms with Crippen molar-refractivity contribution in [2.24, 2.45) is 0 Å². The highest BCUT2D eigenvalue weighted by Crippen LogP contribution is 2.25. The third-order valence-electron chi connectivity index (χ3n) is 23.7. The molecule has 0 aliphatic carbocycles. The van der Waals surface area contributed by atoms with Gasteiger partial charge in [0.2, 0.25) is 0 Å². The highest BCUT2D eigenvalue weighted by atomic mass is 16.6. The first kappa shape index (κ1) is 124. The van der Waals surface area contributed by atoms with E-state index < -0.39 is 0 Å². The number of carbonyl (C=O) groups is 6. The molecule has 0 rings (SSSR count). The van der Waals surface area contributed by atoms with Gasteiger partial charge in [0.15, 0.2) is 0 Å². The quantitative estimate of drug-likeness (QED) is 0.0246. The molecule has 12 nitrogen and oxygen atoms in total. The molecule has 4 atom stereocenters. The Hall–Kier alpha value is -4.22. The van der Waals surface area contributed by atoms with Gasteiger partial charge in [-0.05, 0) is 200 Å². The molecule has 122 heavy (non-hydrogen) atoms. The summed E-state index contributed by atoms with van der Waals surface area (Å²) in [5.41, 5.74) is 0. The maximum atomic E-state index is 12.9. The van der Waals surface area contributed by atoms with E-state index >= 15 is 0 Å². The molecule has 12 heteroatoms. The van der Waals surface area contributed by atoms with Crippen molar-refractivity contribution in [1.82, 2.24) is 0 Å². The molecule has 0 fully saturated rings. The Labute approximate surface area is 758 Å². The Morgan fingerprint density at radius 2 is 0.369 bits per heavy atom. The van der Waals surface area contributed by atoms with E-state index in [1.54, 1.807) is 0 Å². The van der Waals surface area contributed by atoms with Crippen LogP contribution in [0.4, 0.5) is 0 Å². The predicted octanol–water partition coefficient (Wildman–Crippen LogP) is 35.6. The highest BCUT2D eigenvalue weighted by Gasteiger charge is 2.20. The van der Waals surface area contributed by atoms with Gasteiger partial charge in [-0.1, -0.05) is 368 Å². The molecule has 0 amide bonds. The van der Waals surface area contributed by atoms with Crippen molar-refractivity contribution < 1.29 is 57.2 Å². The van der Waals surface area contributed by atoms with E-state index in [-0.39, 0.29) is 60.2 Å². The Balaban J connectivity index is -0.00000100. The van der Waals surface area contributed by atoms with Crippen molar-refractivity contribution in [3.8, 4) is 0 Å². The van der Waals surface area contributed by atoms with E-state index in [9.17, 15) is 28.8 Å². The van der Waals surface area contributed by atoms with Crippen molar-refractivity contribution in [2.75, 3.05) is 13.2 Å². The highest BCUT2D eigenvalue weighted by molar-refractivity contribution is 5.71. The van der Waals surface area contributed by atoms with Crippen LogP contribution in [0.1, 0.15) is 582 Å². The monoisotopic (exact) mass is 1720 g/mol. The van der Waals surface area contributed by atoms with Gasteiger partial charge >= 0.3 is 35.8 Å². The third kappa shape index (κ3) is 105. The summed E-state index contributed by atoms with van der Waals surface area (Å²) in [5, 5.41) is 0. The van der Waals surface area contributed by atoms with Crippen LogP contribution in [-0.4, -0.2) is 73.4 Å². The van der Waals surface area contributed by atoms with E-state index in [4.69, 9.17) is 28.4 Å². The van der Waals surface area contributed by atoms with E-state index in [0.717, 1.165) is 244 Å². The minimum atomic E-state index is -0.0908. The van der Waals surface area contributed by atoms with Gasteiger partial charge in [0.05, 0.1) is 13.2 Å². The van der Waals surface area contributed by atoms with Crippen LogP contribution >= 0.6 is 0 Å². The fraction of sp³-hybridized carbons (Fsp3) is 0.873. The summed E-state index contributed by atoms with van der Waals surface area (Å²) in [7, 11) is 0. The van der Waals surface area contributed by atoms with E-state index in [2.05, 4.69) is 80.0 Å². The maximum absolute atomic E-state index is 12.9. The molecule has 0 saturated carbocycles. The normalized spacial score (nSPS) is 12.1. The number of unbranched alkanes of at least 4 members (excludes halogenated alkanes) is 56. The van der Waals surface area contributed by atoms with Crippen molar-refractivity contribution in [3.63, 3.8) is 0 Å². The van der Waals surface area contributed by atoms with E-state index in [1.807, 2.05) is 26.0 Å². The molecule has 0 aromatic rings. The van der Waals surface area contributed by atoms with Crippen molar-refractivity contribution in [1.29, 1.82) is 0 Å². The van der Waals surface area contributed by atoms with Gasteiger partial charge in [-0.2, -0.15) is 0 Å². The summed E-state index contributed by atoms with van der Waals surface area (Å²) in [6, 6.07) is 0. The number of allylic oxidation sites excluding steroid dienone is 4. The first-order chi connectivity index (χ1) is 59.8. The zero-order chi connectivity index (χ0) is 90.2. The number of hydrogen-bond donors (Lipinski definition) is 0. The molecule has 0 saturated heterocycles. The second-order valence-electron chi connectivity index (χ2n) is 35.5. The average Bonchev–Trinajstić information content (AvgIpc) is 0.976. The number of carbonyl (C=O) groups excluding carboxylic acids is 6. The lowest BCUT2D eigenvalue weighted by Gasteiger charge is -2.19. The topological polar surface area (TPSA) is 158 Å². The van der Waals surface area contributed by atoms with Crippen molar-refractivity contribution >= 4 is 35.8 Å². The van der Waals surface area contributed by atoms with Crippen LogP contribution in [0.2, 0.25) is 0 Å². The van der Waals surface area contributed by atoms with Crippen molar-refractivity contribution in [3.05, 3.63) is 50.6 Å². The van der Waals surface area contributed by atoms with Crippen LogP contribution in [0.15, 0.2) is 50.6 Å². The van der Waals surface area contributed by atoms with Crippen LogP contribution in [-0.2, 0) is 57.2 Å².